The van der Waals surface area contributed by atoms with Gasteiger partial charge in [-0.25, -0.2) is 4.98 Å². The third-order valence-electron chi connectivity index (χ3n) is 3.76. The molecular formula is C17H20BrN3O. The van der Waals surface area contributed by atoms with Crippen LogP contribution in [0.15, 0.2) is 47.2 Å². The molecule has 0 radical (unpaired) electrons. The van der Waals surface area contributed by atoms with Crippen molar-refractivity contribution in [2.24, 2.45) is 5.92 Å². The molecule has 1 aliphatic heterocycles. The molecule has 0 spiro atoms. The molecule has 2 aromatic rings. The Morgan fingerprint density at radius 3 is 2.95 bits per heavy atom. The highest BCUT2D eigenvalue weighted by molar-refractivity contribution is 9.10. The first-order valence-electron chi connectivity index (χ1n) is 7.54. The van der Waals surface area contributed by atoms with E-state index in [1.54, 1.807) is 6.20 Å². The van der Waals surface area contributed by atoms with E-state index in [1.807, 2.05) is 24.3 Å². The average molecular weight is 362 g/mol. The molecule has 0 bridgehead atoms. The second-order valence-corrected chi connectivity index (χ2v) is 6.30. The number of nitrogens with one attached hydrogen (secondary N) is 2. The van der Waals surface area contributed by atoms with Gasteiger partial charge in [0.05, 0.1) is 0 Å². The minimum Gasteiger partial charge on any atom is -0.489 e. The fourth-order valence-corrected chi connectivity index (χ4v) is 2.71. The first kappa shape index (κ1) is 15.5. The van der Waals surface area contributed by atoms with Gasteiger partial charge in [-0.1, -0.05) is 18.2 Å². The molecule has 0 aliphatic carbocycles. The number of rotatable bonds is 7. The van der Waals surface area contributed by atoms with Gasteiger partial charge in [0, 0.05) is 37.9 Å². The molecule has 0 atom stereocenters. The van der Waals surface area contributed by atoms with Gasteiger partial charge >= 0.3 is 0 Å². The molecule has 5 heteroatoms. The highest BCUT2D eigenvalue weighted by atomic mass is 79.9. The maximum absolute atomic E-state index is 5.87. The van der Waals surface area contributed by atoms with E-state index < -0.39 is 0 Å². The van der Waals surface area contributed by atoms with Crippen molar-refractivity contribution >= 4 is 15.9 Å². The van der Waals surface area contributed by atoms with Crippen LogP contribution in [0, 0.1) is 5.92 Å². The SMILES string of the molecule is Brc1ncccc1COc1cccc(CNCC2CNC2)c1. The molecule has 1 fully saturated rings. The van der Waals surface area contributed by atoms with Crippen LogP contribution in [0.25, 0.3) is 0 Å². The van der Waals surface area contributed by atoms with Crippen LogP contribution in [-0.2, 0) is 13.2 Å². The summed E-state index contributed by atoms with van der Waals surface area (Å²) in [6, 6.07) is 12.2. The Kier molecular flexibility index (Phi) is 5.43. The number of aromatic nitrogens is 1. The summed E-state index contributed by atoms with van der Waals surface area (Å²) in [5.41, 5.74) is 2.29. The van der Waals surface area contributed by atoms with E-state index in [4.69, 9.17) is 4.74 Å². The van der Waals surface area contributed by atoms with Crippen molar-refractivity contribution in [3.8, 4) is 5.75 Å². The van der Waals surface area contributed by atoms with Gasteiger partial charge in [-0.05, 0) is 45.6 Å². The van der Waals surface area contributed by atoms with E-state index >= 15 is 0 Å². The molecule has 2 heterocycles. The highest BCUT2D eigenvalue weighted by Gasteiger charge is 2.15. The molecule has 3 rings (SSSR count). The Morgan fingerprint density at radius 2 is 2.18 bits per heavy atom. The largest absolute Gasteiger partial charge is 0.489 e. The molecule has 1 saturated heterocycles. The molecule has 1 aromatic carbocycles. The van der Waals surface area contributed by atoms with Gasteiger partial charge < -0.3 is 15.4 Å². The number of benzene rings is 1. The molecule has 116 valence electrons. The standard InChI is InChI=1S/C17H20BrN3O/c18-17-15(4-2-6-21-17)12-22-16-5-1-3-13(7-16)8-19-9-14-10-20-11-14/h1-7,14,19-20H,8-12H2. The molecule has 0 saturated carbocycles. The predicted octanol–water partition coefficient (Wildman–Crippen LogP) is 2.73. The molecule has 4 nitrogen and oxygen atoms in total. The Balaban J connectivity index is 1.51. The summed E-state index contributed by atoms with van der Waals surface area (Å²) in [6.45, 7) is 4.73. The van der Waals surface area contributed by atoms with E-state index in [2.05, 4.69) is 43.7 Å². The summed E-state index contributed by atoms with van der Waals surface area (Å²) < 4.78 is 6.70. The van der Waals surface area contributed by atoms with E-state index in [9.17, 15) is 0 Å². The van der Waals surface area contributed by atoms with Crippen molar-refractivity contribution in [3.63, 3.8) is 0 Å². The van der Waals surface area contributed by atoms with Crippen molar-refractivity contribution in [2.45, 2.75) is 13.2 Å². The second kappa shape index (κ2) is 7.72. The second-order valence-electron chi connectivity index (χ2n) is 5.54. The Hall–Kier alpha value is -1.43. The van der Waals surface area contributed by atoms with Crippen LogP contribution in [0.3, 0.4) is 0 Å². The fraction of sp³-hybridized carbons (Fsp3) is 0.353. The Morgan fingerprint density at radius 1 is 1.27 bits per heavy atom. The zero-order chi connectivity index (χ0) is 15.2. The van der Waals surface area contributed by atoms with Crippen LogP contribution in [-0.4, -0.2) is 24.6 Å². The van der Waals surface area contributed by atoms with Crippen molar-refractivity contribution in [2.75, 3.05) is 19.6 Å². The topological polar surface area (TPSA) is 46.2 Å². The van der Waals surface area contributed by atoms with E-state index in [0.29, 0.717) is 6.61 Å². The van der Waals surface area contributed by atoms with Crippen LogP contribution in [0.1, 0.15) is 11.1 Å². The number of hydrogen-bond acceptors (Lipinski definition) is 4. The number of pyridine rings is 1. The molecule has 22 heavy (non-hydrogen) atoms. The third-order valence-corrected chi connectivity index (χ3v) is 4.47. The summed E-state index contributed by atoms with van der Waals surface area (Å²) in [6.07, 6.45) is 1.76. The lowest BCUT2D eigenvalue weighted by Crippen LogP contribution is -2.47. The number of hydrogen-bond donors (Lipinski definition) is 2. The predicted molar refractivity (Wildman–Crippen MR) is 90.8 cm³/mol. The fourth-order valence-electron chi connectivity index (χ4n) is 2.35. The van der Waals surface area contributed by atoms with E-state index in [1.165, 1.54) is 5.56 Å². The first-order chi connectivity index (χ1) is 10.8. The van der Waals surface area contributed by atoms with Crippen molar-refractivity contribution in [3.05, 3.63) is 58.3 Å². The van der Waals surface area contributed by atoms with Crippen LogP contribution in [0.4, 0.5) is 0 Å². The zero-order valence-electron chi connectivity index (χ0n) is 12.4. The van der Waals surface area contributed by atoms with Crippen LogP contribution < -0.4 is 15.4 Å². The number of halogens is 1. The van der Waals surface area contributed by atoms with Crippen LogP contribution >= 0.6 is 15.9 Å². The van der Waals surface area contributed by atoms with Gasteiger partial charge in [0.25, 0.3) is 0 Å². The summed E-state index contributed by atoms with van der Waals surface area (Å²) >= 11 is 3.44. The highest BCUT2D eigenvalue weighted by Crippen LogP contribution is 2.18. The first-order valence-corrected chi connectivity index (χ1v) is 8.33. The van der Waals surface area contributed by atoms with Gasteiger partial charge in [0.2, 0.25) is 0 Å². The maximum Gasteiger partial charge on any atom is 0.120 e. The molecular weight excluding hydrogens is 342 g/mol. The van der Waals surface area contributed by atoms with Gasteiger partial charge in [0.15, 0.2) is 0 Å². The van der Waals surface area contributed by atoms with E-state index in [-0.39, 0.29) is 0 Å². The minimum absolute atomic E-state index is 0.513. The smallest absolute Gasteiger partial charge is 0.120 e. The molecule has 1 aromatic heterocycles. The summed E-state index contributed by atoms with van der Waals surface area (Å²) in [4.78, 5) is 4.20. The molecule has 0 unspecified atom stereocenters. The number of ether oxygens (including phenoxy) is 1. The average Bonchev–Trinajstić information content (AvgIpc) is 2.49. The summed E-state index contributed by atoms with van der Waals surface area (Å²) in [7, 11) is 0. The van der Waals surface area contributed by atoms with Crippen LogP contribution in [0.5, 0.6) is 5.75 Å². The normalized spacial score (nSPS) is 14.6. The summed E-state index contributed by atoms with van der Waals surface area (Å²) in [5.74, 6) is 1.67. The van der Waals surface area contributed by atoms with Crippen molar-refractivity contribution in [1.29, 1.82) is 0 Å². The monoisotopic (exact) mass is 361 g/mol. The Bertz CT molecular complexity index is 616. The maximum atomic E-state index is 5.87. The number of nitrogens with zero attached hydrogens (tertiary/aromatic N) is 1. The third kappa shape index (κ3) is 4.29. The molecule has 2 N–H and O–H groups in total. The van der Waals surface area contributed by atoms with Crippen molar-refractivity contribution in [1.82, 2.24) is 15.6 Å². The molecule has 1 aliphatic rings. The quantitative estimate of drug-likeness (QED) is 0.744. The Labute approximate surface area is 139 Å². The van der Waals surface area contributed by atoms with E-state index in [0.717, 1.165) is 48.0 Å². The minimum atomic E-state index is 0.513. The lowest BCUT2D eigenvalue weighted by Gasteiger charge is -2.27. The molecule has 0 amide bonds. The lowest BCUT2D eigenvalue weighted by molar-refractivity contribution is 0.304. The van der Waals surface area contributed by atoms with Gasteiger partial charge in [-0.3, -0.25) is 0 Å². The van der Waals surface area contributed by atoms with Gasteiger partial charge in [-0.15, -0.1) is 0 Å². The van der Waals surface area contributed by atoms with Gasteiger partial charge in [-0.2, -0.15) is 0 Å². The zero-order valence-corrected chi connectivity index (χ0v) is 14.0. The van der Waals surface area contributed by atoms with Gasteiger partial charge in [0.1, 0.15) is 17.0 Å². The van der Waals surface area contributed by atoms with Crippen LogP contribution in [0.2, 0.25) is 0 Å². The summed E-state index contributed by atoms with van der Waals surface area (Å²) in [5, 5.41) is 6.79. The lowest BCUT2D eigenvalue weighted by atomic mass is 10.0. The van der Waals surface area contributed by atoms with Crippen molar-refractivity contribution < 1.29 is 4.74 Å².